The minimum absolute atomic E-state index is 0.189. The van der Waals surface area contributed by atoms with E-state index in [0.717, 1.165) is 38.5 Å². The standard InChI is InChI=1S/C29H57O10P/c1-3-5-7-9-11-12-13-15-17-19-21-29(33)39-27(25-38-40(34,35)37-23-26(31)22-30)24-36-28(32)20-18-16-14-10-8-6-4-2/h26-27,30-31H,3-25H2,1-2H3,(H,34,35). The van der Waals surface area contributed by atoms with E-state index in [1.54, 1.807) is 0 Å². The summed E-state index contributed by atoms with van der Waals surface area (Å²) in [6.45, 7) is 2.28. The lowest BCUT2D eigenvalue weighted by molar-refractivity contribution is -0.161. The van der Waals surface area contributed by atoms with E-state index in [1.165, 1.54) is 57.8 Å². The van der Waals surface area contributed by atoms with Crippen LogP contribution in [0.5, 0.6) is 0 Å². The molecule has 0 bridgehead atoms. The molecule has 40 heavy (non-hydrogen) atoms. The molecule has 3 unspecified atom stereocenters. The molecule has 0 aliphatic rings. The summed E-state index contributed by atoms with van der Waals surface area (Å²) in [5, 5.41) is 18.1. The van der Waals surface area contributed by atoms with E-state index in [9.17, 15) is 24.2 Å². The van der Waals surface area contributed by atoms with Crippen LogP contribution in [0.3, 0.4) is 0 Å². The number of hydrogen-bond donors (Lipinski definition) is 3. The van der Waals surface area contributed by atoms with Crippen LogP contribution in [0, 0.1) is 0 Å². The number of aliphatic hydroxyl groups excluding tert-OH is 2. The van der Waals surface area contributed by atoms with Crippen LogP contribution >= 0.6 is 7.82 Å². The van der Waals surface area contributed by atoms with Crippen LogP contribution in [0.15, 0.2) is 0 Å². The third kappa shape index (κ3) is 25.9. The summed E-state index contributed by atoms with van der Waals surface area (Å²) >= 11 is 0. The van der Waals surface area contributed by atoms with Gasteiger partial charge in [-0.3, -0.25) is 18.6 Å². The first kappa shape index (κ1) is 39.0. The monoisotopic (exact) mass is 596 g/mol. The maximum atomic E-state index is 12.4. The quantitative estimate of drug-likeness (QED) is 0.0504. The molecule has 0 saturated heterocycles. The van der Waals surface area contributed by atoms with Crippen LogP contribution in [0.1, 0.15) is 136 Å². The number of hydrogen-bond acceptors (Lipinski definition) is 9. The van der Waals surface area contributed by atoms with Crippen LogP contribution in [0.25, 0.3) is 0 Å². The minimum atomic E-state index is -4.59. The highest BCUT2D eigenvalue weighted by Gasteiger charge is 2.27. The third-order valence-electron chi connectivity index (χ3n) is 6.51. The van der Waals surface area contributed by atoms with Crippen molar-refractivity contribution in [1.29, 1.82) is 0 Å². The fraction of sp³-hybridized carbons (Fsp3) is 0.931. The van der Waals surface area contributed by atoms with Gasteiger partial charge >= 0.3 is 19.8 Å². The van der Waals surface area contributed by atoms with Gasteiger partial charge in [-0.25, -0.2) is 4.57 Å². The molecular formula is C29H57O10P. The number of esters is 2. The molecule has 238 valence electrons. The topological polar surface area (TPSA) is 149 Å². The number of rotatable bonds is 29. The summed E-state index contributed by atoms with van der Waals surface area (Å²) in [6.07, 6.45) is 16.8. The largest absolute Gasteiger partial charge is 0.472 e. The molecule has 0 rings (SSSR count). The minimum Gasteiger partial charge on any atom is -0.462 e. The highest BCUT2D eigenvalue weighted by Crippen LogP contribution is 2.43. The van der Waals surface area contributed by atoms with Crippen molar-refractivity contribution in [3.63, 3.8) is 0 Å². The van der Waals surface area contributed by atoms with Crippen LogP contribution in [-0.2, 0) is 32.7 Å². The zero-order valence-corrected chi connectivity index (χ0v) is 26.0. The van der Waals surface area contributed by atoms with E-state index in [4.69, 9.17) is 19.1 Å². The van der Waals surface area contributed by atoms with Gasteiger partial charge in [-0.15, -0.1) is 0 Å². The number of unbranched alkanes of at least 4 members (excludes halogenated alkanes) is 15. The average molecular weight is 597 g/mol. The Morgan fingerprint density at radius 3 is 1.55 bits per heavy atom. The second-order valence-corrected chi connectivity index (χ2v) is 11.9. The zero-order chi connectivity index (χ0) is 29.9. The van der Waals surface area contributed by atoms with Crippen molar-refractivity contribution in [1.82, 2.24) is 0 Å². The van der Waals surface area contributed by atoms with Crippen LogP contribution in [0.2, 0.25) is 0 Å². The molecular weight excluding hydrogens is 539 g/mol. The molecule has 11 heteroatoms. The lowest BCUT2D eigenvalue weighted by atomic mass is 10.1. The van der Waals surface area contributed by atoms with E-state index in [2.05, 4.69) is 18.4 Å². The van der Waals surface area contributed by atoms with Gasteiger partial charge in [0.15, 0.2) is 6.10 Å². The number of aliphatic hydroxyl groups is 2. The lowest BCUT2D eigenvalue weighted by Gasteiger charge is -2.20. The Morgan fingerprint density at radius 1 is 0.650 bits per heavy atom. The molecule has 0 aromatic heterocycles. The molecule has 0 spiro atoms. The Kier molecular flexibility index (Phi) is 26.2. The van der Waals surface area contributed by atoms with Crippen molar-refractivity contribution >= 4 is 19.8 Å². The molecule has 0 aromatic carbocycles. The highest BCUT2D eigenvalue weighted by atomic mass is 31.2. The van der Waals surface area contributed by atoms with Crippen LogP contribution in [0.4, 0.5) is 0 Å². The van der Waals surface area contributed by atoms with Crippen molar-refractivity contribution < 1.29 is 47.8 Å². The Balaban J connectivity index is 4.47. The smallest absolute Gasteiger partial charge is 0.462 e. The van der Waals surface area contributed by atoms with Gasteiger partial charge in [-0.1, -0.05) is 110 Å². The second-order valence-electron chi connectivity index (χ2n) is 10.5. The zero-order valence-electron chi connectivity index (χ0n) is 25.1. The molecule has 0 aromatic rings. The lowest BCUT2D eigenvalue weighted by Crippen LogP contribution is -2.29. The van der Waals surface area contributed by atoms with Gasteiger partial charge in [0.1, 0.15) is 12.7 Å². The predicted octanol–water partition coefficient (Wildman–Crippen LogP) is 6.38. The van der Waals surface area contributed by atoms with Crippen LogP contribution in [-0.4, -0.2) is 65.7 Å². The molecule has 3 N–H and O–H groups in total. The normalized spacial score (nSPS) is 14.4. The first-order chi connectivity index (χ1) is 19.2. The SMILES string of the molecule is CCCCCCCCCCCCC(=O)OC(COC(=O)CCCCCCCCC)COP(=O)(O)OCC(O)CO. The molecule has 0 aliphatic heterocycles. The fourth-order valence-corrected chi connectivity index (χ4v) is 4.84. The Labute approximate surface area is 242 Å². The number of carbonyl (C=O) groups is 2. The number of ether oxygens (including phenoxy) is 2. The van der Waals surface area contributed by atoms with Crippen LogP contribution < -0.4 is 0 Å². The third-order valence-corrected chi connectivity index (χ3v) is 7.46. The van der Waals surface area contributed by atoms with E-state index in [1.807, 2.05) is 0 Å². The molecule has 0 amide bonds. The Morgan fingerprint density at radius 2 is 1.07 bits per heavy atom. The van der Waals surface area contributed by atoms with Crippen molar-refractivity contribution in [2.24, 2.45) is 0 Å². The van der Waals surface area contributed by atoms with Crippen molar-refractivity contribution in [3.8, 4) is 0 Å². The number of phosphoric ester groups is 1. The Bertz CT molecular complexity index is 661. The average Bonchev–Trinajstić information content (AvgIpc) is 2.93. The van der Waals surface area contributed by atoms with E-state index in [0.29, 0.717) is 12.8 Å². The van der Waals surface area contributed by atoms with Gasteiger partial charge in [-0.2, -0.15) is 0 Å². The van der Waals surface area contributed by atoms with Crippen molar-refractivity contribution in [3.05, 3.63) is 0 Å². The van der Waals surface area contributed by atoms with E-state index in [-0.39, 0.29) is 19.4 Å². The summed E-state index contributed by atoms with van der Waals surface area (Å²) in [6, 6.07) is 0. The summed E-state index contributed by atoms with van der Waals surface area (Å²) in [5.74, 6) is -0.931. The van der Waals surface area contributed by atoms with Gasteiger partial charge in [0.2, 0.25) is 0 Å². The van der Waals surface area contributed by atoms with Gasteiger partial charge in [0.25, 0.3) is 0 Å². The van der Waals surface area contributed by atoms with E-state index >= 15 is 0 Å². The summed E-state index contributed by atoms with van der Waals surface area (Å²) in [4.78, 5) is 34.4. The van der Waals surface area contributed by atoms with Gasteiger partial charge < -0.3 is 24.6 Å². The second kappa shape index (κ2) is 26.8. The van der Waals surface area contributed by atoms with Gasteiger partial charge in [-0.05, 0) is 12.8 Å². The number of carbonyl (C=O) groups excluding carboxylic acids is 2. The molecule has 10 nitrogen and oxygen atoms in total. The maximum Gasteiger partial charge on any atom is 0.472 e. The first-order valence-electron chi connectivity index (χ1n) is 15.5. The predicted molar refractivity (Wildman–Crippen MR) is 155 cm³/mol. The summed E-state index contributed by atoms with van der Waals surface area (Å²) in [7, 11) is -4.59. The van der Waals surface area contributed by atoms with Crippen molar-refractivity contribution in [2.75, 3.05) is 26.4 Å². The number of phosphoric acid groups is 1. The molecule has 0 radical (unpaired) electrons. The Hall–Kier alpha value is -1.03. The highest BCUT2D eigenvalue weighted by molar-refractivity contribution is 7.47. The van der Waals surface area contributed by atoms with Gasteiger partial charge in [0, 0.05) is 12.8 Å². The fourth-order valence-electron chi connectivity index (χ4n) is 4.05. The summed E-state index contributed by atoms with van der Waals surface area (Å²) in [5.41, 5.74) is 0. The molecule has 3 atom stereocenters. The maximum absolute atomic E-state index is 12.4. The molecule has 0 fully saturated rings. The van der Waals surface area contributed by atoms with E-state index < -0.39 is 51.8 Å². The molecule has 0 aliphatic carbocycles. The molecule has 0 heterocycles. The summed E-state index contributed by atoms with van der Waals surface area (Å²) < 4.78 is 32.2. The van der Waals surface area contributed by atoms with Gasteiger partial charge in [0.05, 0.1) is 19.8 Å². The first-order valence-corrected chi connectivity index (χ1v) is 17.0. The molecule has 0 saturated carbocycles. The van der Waals surface area contributed by atoms with Crippen molar-refractivity contribution in [2.45, 2.75) is 148 Å².